The van der Waals surface area contributed by atoms with Crippen molar-refractivity contribution < 1.29 is 28.6 Å². The van der Waals surface area contributed by atoms with E-state index in [1.807, 2.05) is 0 Å². The fourth-order valence-corrected chi connectivity index (χ4v) is 3.81. The van der Waals surface area contributed by atoms with Gasteiger partial charge in [-0.2, -0.15) is 5.10 Å². The first-order valence-electron chi connectivity index (χ1n) is 12.0. The molecule has 0 fully saturated rings. The summed E-state index contributed by atoms with van der Waals surface area (Å²) >= 11 is 15.1. The minimum absolute atomic E-state index is 0.0310. The van der Waals surface area contributed by atoms with E-state index < -0.39 is 23.9 Å². The Balaban J connectivity index is 1.50. The number of hydrogen-bond acceptors (Lipinski definition) is 7. The fourth-order valence-electron chi connectivity index (χ4n) is 3.30. The molecule has 0 spiro atoms. The molecule has 1 N–H and O–H groups in total. The lowest BCUT2D eigenvalue weighted by Gasteiger charge is -2.13. The molecule has 41 heavy (non-hydrogen) atoms. The van der Waals surface area contributed by atoms with E-state index >= 15 is 0 Å². The SMILES string of the molecule is CC(Oc1ccc(Br)cc1)C(=O)N/N=C/c1ccc(OC(=O)c2ccc(Cl)cc2)cc1OC(=O)c1ccc(Cl)cc1. The van der Waals surface area contributed by atoms with Crippen LogP contribution in [-0.2, 0) is 4.79 Å². The summed E-state index contributed by atoms with van der Waals surface area (Å²) in [6, 6.07) is 23.7. The molecule has 0 aromatic heterocycles. The Bertz CT molecular complexity index is 1580. The molecule has 1 atom stereocenters. The number of esters is 2. The lowest BCUT2D eigenvalue weighted by molar-refractivity contribution is -0.127. The largest absolute Gasteiger partial charge is 0.481 e. The summed E-state index contributed by atoms with van der Waals surface area (Å²) in [5.74, 6) is -1.16. The molecule has 0 aliphatic rings. The van der Waals surface area contributed by atoms with Crippen molar-refractivity contribution in [2.45, 2.75) is 13.0 Å². The monoisotopic (exact) mass is 654 g/mol. The average molecular weight is 656 g/mol. The normalized spacial score (nSPS) is 11.5. The molecule has 0 saturated carbocycles. The average Bonchev–Trinajstić information content (AvgIpc) is 2.96. The number of hydrogen-bond donors (Lipinski definition) is 1. The van der Waals surface area contributed by atoms with Crippen molar-refractivity contribution in [1.82, 2.24) is 5.43 Å². The molecule has 0 radical (unpaired) electrons. The number of ether oxygens (including phenoxy) is 3. The third-order valence-electron chi connectivity index (χ3n) is 5.43. The van der Waals surface area contributed by atoms with Gasteiger partial charge in [0.25, 0.3) is 5.91 Å². The first kappa shape index (κ1) is 29.8. The molecule has 208 valence electrons. The maximum absolute atomic E-state index is 12.8. The molecule has 0 heterocycles. The van der Waals surface area contributed by atoms with Crippen LogP contribution >= 0.6 is 39.1 Å². The van der Waals surface area contributed by atoms with Crippen LogP contribution in [0.5, 0.6) is 17.2 Å². The van der Waals surface area contributed by atoms with Crippen LogP contribution in [0.25, 0.3) is 0 Å². The van der Waals surface area contributed by atoms with Gasteiger partial charge in [-0.15, -0.1) is 0 Å². The highest BCUT2D eigenvalue weighted by Crippen LogP contribution is 2.26. The van der Waals surface area contributed by atoms with Gasteiger partial charge in [-0.05, 0) is 91.9 Å². The van der Waals surface area contributed by atoms with Crippen molar-refractivity contribution in [3.63, 3.8) is 0 Å². The van der Waals surface area contributed by atoms with Gasteiger partial charge in [0.2, 0.25) is 0 Å². The van der Waals surface area contributed by atoms with E-state index in [9.17, 15) is 14.4 Å². The first-order chi connectivity index (χ1) is 19.7. The number of nitrogens with zero attached hydrogens (tertiary/aromatic N) is 1. The van der Waals surface area contributed by atoms with Gasteiger partial charge in [0, 0.05) is 26.1 Å². The van der Waals surface area contributed by atoms with Crippen LogP contribution in [0.15, 0.2) is 101 Å². The molecule has 0 aliphatic carbocycles. The van der Waals surface area contributed by atoms with Crippen LogP contribution in [0, 0.1) is 0 Å². The summed E-state index contributed by atoms with van der Waals surface area (Å²) in [4.78, 5) is 37.9. The van der Waals surface area contributed by atoms with Gasteiger partial charge in [-0.1, -0.05) is 39.1 Å². The highest BCUT2D eigenvalue weighted by Gasteiger charge is 2.16. The summed E-state index contributed by atoms with van der Waals surface area (Å²) in [5, 5.41) is 4.91. The maximum atomic E-state index is 12.8. The van der Waals surface area contributed by atoms with Crippen molar-refractivity contribution in [3.8, 4) is 17.2 Å². The Labute approximate surface area is 254 Å². The molecule has 0 aliphatic heterocycles. The van der Waals surface area contributed by atoms with E-state index in [4.69, 9.17) is 37.4 Å². The number of halogens is 3. The van der Waals surface area contributed by atoms with Crippen molar-refractivity contribution in [2.75, 3.05) is 0 Å². The van der Waals surface area contributed by atoms with Crippen molar-refractivity contribution >= 4 is 63.2 Å². The minimum Gasteiger partial charge on any atom is -0.481 e. The van der Waals surface area contributed by atoms with Gasteiger partial charge in [-0.3, -0.25) is 4.79 Å². The third kappa shape index (κ3) is 8.65. The second kappa shape index (κ2) is 13.9. The summed E-state index contributed by atoms with van der Waals surface area (Å²) in [6.45, 7) is 1.58. The summed E-state index contributed by atoms with van der Waals surface area (Å²) in [6.07, 6.45) is 0.449. The van der Waals surface area contributed by atoms with Crippen molar-refractivity contribution in [1.29, 1.82) is 0 Å². The lowest BCUT2D eigenvalue weighted by Crippen LogP contribution is -2.33. The van der Waals surface area contributed by atoms with Crippen LogP contribution in [0.2, 0.25) is 10.0 Å². The molecule has 0 bridgehead atoms. The maximum Gasteiger partial charge on any atom is 0.343 e. The van der Waals surface area contributed by atoms with Crippen LogP contribution < -0.4 is 19.6 Å². The Kier molecular flexibility index (Phi) is 10.1. The fraction of sp³-hybridized carbons (Fsp3) is 0.0667. The van der Waals surface area contributed by atoms with E-state index in [1.54, 1.807) is 55.5 Å². The molecule has 1 unspecified atom stereocenters. The van der Waals surface area contributed by atoms with E-state index in [0.717, 1.165) is 4.47 Å². The second-order valence-electron chi connectivity index (χ2n) is 8.44. The first-order valence-corrected chi connectivity index (χ1v) is 13.6. The topological polar surface area (TPSA) is 103 Å². The lowest BCUT2D eigenvalue weighted by atomic mass is 10.2. The number of nitrogens with one attached hydrogen (secondary N) is 1. The Morgan fingerprint density at radius 3 is 1.90 bits per heavy atom. The predicted octanol–water partition coefficient (Wildman–Crippen LogP) is 7.11. The molecule has 11 heteroatoms. The van der Waals surface area contributed by atoms with Crippen LogP contribution in [-0.4, -0.2) is 30.2 Å². The third-order valence-corrected chi connectivity index (χ3v) is 6.46. The van der Waals surface area contributed by atoms with Crippen LogP contribution in [0.3, 0.4) is 0 Å². The van der Waals surface area contributed by atoms with Gasteiger partial charge in [0.05, 0.1) is 17.3 Å². The quantitative estimate of drug-likeness (QED) is 0.0892. The van der Waals surface area contributed by atoms with E-state index in [2.05, 4.69) is 26.5 Å². The number of amides is 1. The second-order valence-corrected chi connectivity index (χ2v) is 10.2. The van der Waals surface area contributed by atoms with Gasteiger partial charge >= 0.3 is 11.9 Å². The smallest absolute Gasteiger partial charge is 0.343 e. The zero-order chi connectivity index (χ0) is 29.4. The van der Waals surface area contributed by atoms with Gasteiger partial charge in [0.15, 0.2) is 6.10 Å². The van der Waals surface area contributed by atoms with E-state index in [-0.39, 0.29) is 22.6 Å². The molecule has 8 nitrogen and oxygen atoms in total. The zero-order valence-electron chi connectivity index (χ0n) is 21.3. The number of benzene rings is 4. The summed E-state index contributed by atoms with van der Waals surface area (Å²) < 4.78 is 17.5. The highest BCUT2D eigenvalue weighted by atomic mass is 79.9. The highest BCUT2D eigenvalue weighted by molar-refractivity contribution is 9.10. The van der Waals surface area contributed by atoms with Gasteiger partial charge in [0.1, 0.15) is 17.2 Å². The Morgan fingerprint density at radius 1 is 0.780 bits per heavy atom. The van der Waals surface area contributed by atoms with Crippen LogP contribution in [0.4, 0.5) is 0 Å². The molecule has 1 amide bonds. The number of rotatable bonds is 9. The number of carbonyl (C=O) groups excluding carboxylic acids is 3. The Hall–Kier alpha value is -4.18. The Morgan fingerprint density at radius 2 is 1.32 bits per heavy atom. The van der Waals surface area contributed by atoms with Crippen LogP contribution in [0.1, 0.15) is 33.2 Å². The summed E-state index contributed by atoms with van der Waals surface area (Å²) in [5.41, 5.74) is 3.24. The molecule has 4 aromatic rings. The molecule has 4 rings (SSSR count). The number of hydrazone groups is 1. The van der Waals surface area contributed by atoms with Crippen molar-refractivity contribution in [2.24, 2.45) is 5.10 Å². The van der Waals surface area contributed by atoms with Crippen molar-refractivity contribution in [3.05, 3.63) is 122 Å². The van der Waals surface area contributed by atoms with Gasteiger partial charge in [-0.25, -0.2) is 15.0 Å². The minimum atomic E-state index is -0.842. The predicted molar refractivity (Wildman–Crippen MR) is 159 cm³/mol. The molecular weight excluding hydrogens is 635 g/mol. The number of carbonyl (C=O) groups is 3. The molecular formula is C30H21BrCl2N2O6. The van der Waals surface area contributed by atoms with Gasteiger partial charge < -0.3 is 14.2 Å². The van der Waals surface area contributed by atoms with E-state index in [1.165, 1.54) is 48.7 Å². The zero-order valence-corrected chi connectivity index (χ0v) is 24.4. The summed E-state index contributed by atoms with van der Waals surface area (Å²) in [7, 11) is 0. The molecule has 4 aromatic carbocycles. The standard InChI is InChI=1S/C30H21BrCl2N2O6/c1-18(39-25-14-7-22(31)8-15-25)28(36)35-34-17-21-6-13-26(40-29(37)19-2-9-23(32)10-3-19)16-27(21)41-30(38)20-4-11-24(33)12-5-20/h2-18H,1H3,(H,35,36)/b34-17+. The molecule has 0 saturated heterocycles. The van der Waals surface area contributed by atoms with E-state index in [0.29, 0.717) is 21.4 Å².